The van der Waals surface area contributed by atoms with Gasteiger partial charge in [-0.05, 0) is 68.3 Å². The van der Waals surface area contributed by atoms with Crippen LogP contribution in [0.15, 0.2) is 67.3 Å². The van der Waals surface area contributed by atoms with Gasteiger partial charge in [0.15, 0.2) is 0 Å². The minimum atomic E-state index is -0.0568. The van der Waals surface area contributed by atoms with E-state index in [1.54, 1.807) is 7.11 Å². The summed E-state index contributed by atoms with van der Waals surface area (Å²) in [5, 5.41) is 3.40. The van der Waals surface area contributed by atoms with E-state index in [0.717, 1.165) is 70.3 Å². The number of amides is 1. The van der Waals surface area contributed by atoms with Crippen LogP contribution in [0, 0.1) is 5.92 Å². The molecule has 1 heterocycles. The fourth-order valence-electron chi connectivity index (χ4n) is 6.65. The summed E-state index contributed by atoms with van der Waals surface area (Å²) in [6, 6.07) is 19.2. The lowest BCUT2D eigenvalue weighted by Crippen LogP contribution is -2.61. The maximum Gasteiger partial charge on any atom is 0.220 e. The number of hydrogen-bond acceptors (Lipinski definition) is 4. The third kappa shape index (κ3) is 6.82. The first-order valence-corrected chi connectivity index (χ1v) is 13.9. The van der Waals surface area contributed by atoms with Crippen molar-refractivity contribution in [2.24, 2.45) is 5.92 Å². The second kappa shape index (κ2) is 13.3. The fourth-order valence-corrected chi connectivity index (χ4v) is 6.65. The van der Waals surface area contributed by atoms with E-state index in [4.69, 9.17) is 9.47 Å². The van der Waals surface area contributed by atoms with Gasteiger partial charge < -0.3 is 14.8 Å². The topological polar surface area (TPSA) is 50.8 Å². The van der Waals surface area contributed by atoms with E-state index >= 15 is 0 Å². The molecule has 2 aliphatic rings. The van der Waals surface area contributed by atoms with Crippen molar-refractivity contribution in [2.45, 2.75) is 68.9 Å². The van der Waals surface area contributed by atoms with Gasteiger partial charge in [0, 0.05) is 44.0 Å². The monoisotopic (exact) mass is 504 g/mol. The van der Waals surface area contributed by atoms with E-state index in [1.165, 1.54) is 11.1 Å². The van der Waals surface area contributed by atoms with E-state index in [2.05, 4.69) is 65.3 Å². The van der Waals surface area contributed by atoms with Gasteiger partial charge in [-0.3, -0.25) is 9.69 Å². The van der Waals surface area contributed by atoms with E-state index in [1.807, 2.05) is 19.3 Å². The first kappa shape index (κ1) is 27.4. The molecule has 1 aliphatic carbocycles. The number of ether oxygens (including phenoxy) is 2. The Morgan fingerprint density at radius 2 is 1.97 bits per heavy atom. The van der Waals surface area contributed by atoms with Gasteiger partial charge in [-0.1, -0.05) is 55.0 Å². The highest BCUT2D eigenvalue weighted by Gasteiger charge is 2.52. The Morgan fingerprint density at radius 3 is 2.73 bits per heavy atom. The van der Waals surface area contributed by atoms with Gasteiger partial charge in [-0.25, -0.2) is 0 Å². The molecule has 1 N–H and O–H groups in total. The van der Waals surface area contributed by atoms with Crippen LogP contribution >= 0.6 is 0 Å². The predicted molar refractivity (Wildman–Crippen MR) is 150 cm³/mol. The maximum atomic E-state index is 13.0. The zero-order chi connectivity index (χ0) is 26.1. The Labute approximate surface area is 223 Å². The summed E-state index contributed by atoms with van der Waals surface area (Å²) in [5.41, 5.74) is 2.62. The summed E-state index contributed by atoms with van der Waals surface area (Å²) in [5.74, 6) is 1.40. The molecule has 1 amide bonds. The van der Waals surface area contributed by atoms with Crippen LogP contribution in [0.2, 0.25) is 0 Å². The van der Waals surface area contributed by atoms with Crippen LogP contribution in [0.4, 0.5) is 0 Å². The van der Waals surface area contributed by atoms with Gasteiger partial charge in [0.2, 0.25) is 5.91 Å². The smallest absolute Gasteiger partial charge is 0.220 e. The number of methoxy groups -OCH3 is 2. The number of unbranched alkanes of at least 4 members (excludes halogenated alkanes) is 2. The molecular formula is C32H44N2O3. The van der Waals surface area contributed by atoms with Gasteiger partial charge in [0.25, 0.3) is 0 Å². The Hall–Kier alpha value is -2.63. The summed E-state index contributed by atoms with van der Waals surface area (Å²) in [4.78, 5) is 15.5. The Morgan fingerprint density at radius 1 is 1.14 bits per heavy atom. The number of fused-ring (bicyclic) bond motifs is 1. The quantitative estimate of drug-likeness (QED) is 0.305. The number of likely N-dealkylation sites (tertiary alicyclic amines) is 1. The van der Waals surface area contributed by atoms with Crippen LogP contribution < -0.4 is 10.1 Å². The fraction of sp³-hybridized carbons (Fsp3) is 0.531. The highest BCUT2D eigenvalue weighted by atomic mass is 16.5. The van der Waals surface area contributed by atoms with E-state index < -0.39 is 0 Å². The minimum Gasteiger partial charge on any atom is -0.497 e. The zero-order valence-electron chi connectivity index (χ0n) is 22.7. The molecule has 1 unspecified atom stereocenters. The van der Waals surface area contributed by atoms with Crippen LogP contribution in [0.5, 0.6) is 5.75 Å². The number of nitrogens with zero attached hydrogens (tertiary/aromatic N) is 1. The van der Waals surface area contributed by atoms with E-state index in [9.17, 15) is 4.79 Å². The van der Waals surface area contributed by atoms with E-state index in [0.29, 0.717) is 12.3 Å². The molecule has 37 heavy (non-hydrogen) atoms. The van der Waals surface area contributed by atoms with Crippen molar-refractivity contribution in [3.8, 4) is 5.75 Å². The average Bonchev–Trinajstić information content (AvgIpc) is 2.93. The minimum absolute atomic E-state index is 0.0568. The van der Waals surface area contributed by atoms with Gasteiger partial charge in [0.05, 0.1) is 13.2 Å². The van der Waals surface area contributed by atoms with E-state index in [-0.39, 0.29) is 23.5 Å². The summed E-state index contributed by atoms with van der Waals surface area (Å²) < 4.78 is 11.7. The van der Waals surface area contributed by atoms with Gasteiger partial charge >= 0.3 is 0 Å². The number of rotatable bonds is 12. The Balaban J connectivity index is 1.41. The lowest BCUT2D eigenvalue weighted by molar-refractivity contribution is -0.124. The molecule has 4 rings (SSSR count). The number of nitrogens with one attached hydrogen (secondary N) is 1. The summed E-state index contributed by atoms with van der Waals surface area (Å²) >= 11 is 0. The van der Waals surface area contributed by atoms with Crippen LogP contribution in [0.3, 0.4) is 0 Å². The second-order valence-corrected chi connectivity index (χ2v) is 10.8. The number of benzene rings is 2. The zero-order valence-corrected chi connectivity index (χ0v) is 22.7. The van der Waals surface area contributed by atoms with Crippen molar-refractivity contribution in [2.75, 3.05) is 33.9 Å². The van der Waals surface area contributed by atoms with Crippen molar-refractivity contribution >= 4 is 5.91 Å². The molecule has 1 saturated heterocycles. The first-order chi connectivity index (χ1) is 18.1. The molecule has 4 atom stereocenters. The average molecular weight is 505 g/mol. The molecule has 2 aromatic rings. The third-order valence-corrected chi connectivity index (χ3v) is 8.53. The van der Waals surface area contributed by atoms with Crippen molar-refractivity contribution in [1.82, 2.24) is 10.2 Å². The summed E-state index contributed by atoms with van der Waals surface area (Å²) in [6.45, 7) is 6.84. The van der Waals surface area contributed by atoms with Crippen LogP contribution in [-0.2, 0) is 21.4 Å². The second-order valence-electron chi connectivity index (χ2n) is 10.8. The van der Waals surface area contributed by atoms with Crippen molar-refractivity contribution in [3.63, 3.8) is 0 Å². The van der Waals surface area contributed by atoms with Gasteiger partial charge in [-0.2, -0.15) is 0 Å². The van der Waals surface area contributed by atoms with Gasteiger partial charge in [0.1, 0.15) is 5.75 Å². The molecule has 0 bridgehead atoms. The largest absolute Gasteiger partial charge is 0.497 e. The maximum absolute atomic E-state index is 13.0. The lowest BCUT2D eigenvalue weighted by Gasteiger charge is -2.55. The summed E-state index contributed by atoms with van der Waals surface area (Å²) in [7, 11) is 3.55. The molecule has 0 spiro atoms. The molecule has 5 nitrogen and oxygen atoms in total. The molecule has 0 aromatic heterocycles. The van der Waals surface area contributed by atoms with Crippen LogP contribution in [-0.4, -0.2) is 56.8 Å². The number of hydrogen-bond donors (Lipinski definition) is 1. The Bertz CT molecular complexity index is 1010. The number of carbonyl (C=O) groups excluding carboxylic acids is 1. The molecule has 2 fully saturated rings. The first-order valence-electron chi connectivity index (χ1n) is 13.9. The standard InChI is InChI=1S/C32H44N2O3/c1-4-19-34-20-18-32(26-15-11-16-28(21-26)36-2)23-27(22-30(37-3)29(32)24-34)33-31(35)17-10-6-9-14-25-12-7-5-8-13-25/h4-5,7-8,11-13,15-16,21,27,29-30H,1,6,9-10,14,17-20,22-24H2,2-3H3,(H,33,35)/t27-,29+,30?,32+/m1/s1. The van der Waals surface area contributed by atoms with Crippen LogP contribution in [0.1, 0.15) is 56.1 Å². The molecule has 200 valence electrons. The molecule has 1 aliphatic heterocycles. The van der Waals surface area contributed by atoms with Gasteiger partial charge in [-0.15, -0.1) is 6.58 Å². The lowest BCUT2D eigenvalue weighted by atomic mass is 9.57. The summed E-state index contributed by atoms with van der Waals surface area (Å²) in [6.07, 6.45) is 9.69. The molecule has 1 saturated carbocycles. The van der Waals surface area contributed by atoms with Crippen molar-refractivity contribution < 1.29 is 14.3 Å². The highest BCUT2D eigenvalue weighted by molar-refractivity contribution is 5.76. The van der Waals surface area contributed by atoms with Crippen molar-refractivity contribution in [3.05, 3.63) is 78.4 Å². The molecule has 0 radical (unpaired) electrons. The molecule has 2 aromatic carbocycles. The Kier molecular flexibility index (Phi) is 9.81. The number of piperidine rings is 1. The number of carbonyl (C=O) groups is 1. The molecule has 5 heteroatoms. The third-order valence-electron chi connectivity index (χ3n) is 8.53. The van der Waals surface area contributed by atoms with Crippen LogP contribution in [0.25, 0.3) is 0 Å². The predicted octanol–water partition coefficient (Wildman–Crippen LogP) is 5.54. The highest BCUT2D eigenvalue weighted by Crippen LogP contribution is 2.50. The normalized spacial score (nSPS) is 25.7. The van der Waals surface area contributed by atoms with Crippen molar-refractivity contribution in [1.29, 1.82) is 0 Å². The SMILES string of the molecule is C=CCN1CC[C@@]2(c3cccc(OC)c3)C[C@H](NC(=O)CCCCCc3ccccc3)CC(OC)[C@@H]2C1. The molecular weight excluding hydrogens is 460 g/mol. The number of aryl methyl sites for hydroxylation is 1.